The second kappa shape index (κ2) is 12.2. The van der Waals surface area contributed by atoms with Gasteiger partial charge < -0.3 is 20.4 Å². The molecule has 0 spiro atoms. The van der Waals surface area contributed by atoms with Gasteiger partial charge in [0.1, 0.15) is 0 Å². The van der Waals surface area contributed by atoms with Gasteiger partial charge in [0, 0.05) is 12.3 Å². The lowest BCUT2D eigenvalue weighted by Crippen LogP contribution is -2.23. The van der Waals surface area contributed by atoms with Gasteiger partial charge in [-0.1, -0.05) is 37.6 Å². The minimum absolute atomic E-state index is 0.0710. The van der Waals surface area contributed by atoms with Crippen molar-refractivity contribution in [1.29, 1.82) is 0 Å². The summed E-state index contributed by atoms with van der Waals surface area (Å²) in [5.41, 5.74) is 0. The number of carboxylic acid groups (broad SMARTS) is 1. The Hall–Kier alpha value is -1.24. The van der Waals surface area contributed by atoms with Gasteiger partial charge in [-0.3, -0.25) is 0 Å². The highest BCUT2D eigenvalue weighted by molar-refractivity contribution is 5.71. The molecule has 26 heavy (non-hydrogen) atoms. The monoisotopic (exact) mass is 372 g/mol. The van der Waals surface area contributed by atoms with Gasteiger partial charge >= 0.3 is 5.97 Å². The molecule has 1 aliphatic rings. The van der Waals surface area contributed by atoms with Crippen molar-refractivity contribution >= 4 is 5.97 Å². The maximum absolute atomic E-state index is 13.1. The molecule has 6 heteroatoms. The van der Waals surface area contributed by atoms with Crippen LogP contribution in [0, 0.1) is 11.8 Å². The first kappa shape index (κ1) is 22.8. The molecule has 0 heterocycles. The Morgan fingerprint density at radius 1 is 1.15 bits per heavy atom. The van der Waals surface area contributed by atoms with Crippen LogP contribution < -0.4 is 0 Å². The predicted octanol–water partition coefficient (Wildman–Crippen LogP) is 2.99. The third-order valence-corrected chi connectivity index (χ3v) is 5.02. The lowest BCUT2D eigenvalue weighted by atomic mass is 9.87. The SMILES string of the molecule is CCCC=CCC=C[C@@H]1[C@@H](CCC(O)CCC(F)C(=O)O)[C@@H](O)C[C@H]1O. The maximum atomic E-state index is 13.1. The highest BCUT2D eigenvalue weighted by Crippen LogP contribution is 2.37. The fourth-order valence-corrected chi connectivity index (χ4v) is 3.46. The van der Waals surface area contributed by atoms with Crippen LogP contribution in [-0.2, 0) is 4.79 Å². The number of hydrogen-bond acceptors (Lipinski definition) is 4. The van der Waals surface area contributed by atoms with Gasteiger partial charge in [0.25, 0.3) is 0 Å². The maximum Gasteiger partial charge on any atom is 0.338 e. The van der Waals surface area contributed by atoms with Crippen molar-refractivity contribution in [3.8, 4) is 0 Å². The Labute approximate surface area is 155 Å². The normalized spacial score (nSPS) is 28.8. The topological polar surface area (TPSA) is 98.0 Å². The van der Waals surface area contributed by atoms with Crippen LogP contribution in [0.15, 0.2) is 24.3 Å². The molecule has 0 aromatic rings. The molecule has 0 aromatic carbocycles. The largest absolute Gasteiger partial charge is 0.479 e. The van der Waals surface area contributed by atoms with Crippen molar-refractivity contribution in [2.24, 2.45) is 11.8 Å². The van der Waals surface area contributed by atoms with Gasteiger partial charge in [-0.15, -0.1) is 0 Å². The molecule has 0 bridgehead atoms. The van der Waals surface area contributed by atoms with Crippen molar-refractivity contribution in [3.05, 3.63) is 24.3 Å². The van der Waals surface area contributed by atoms with Gasteiger partial charge in [-0.25, -0.2) is 9.18 Å². The minimum atomic E-state index is -1.96. The standard InChI is InChI=1S/C20H33FO5/c1-2-3-4-5-6-7-8-15-16(19(24)13-18(15)23)11-9-14(22)10-12-17(21)20(25)26/h4-5,7-8,14-19,22-24H,2-3,6,9-13H2,1H3,(H,25,26)/t14?,15-,16-,17?,18-,19+/m1/s1. The zero-order valence-electron chi connectivity index (χ0n) is 15.5. The van der Waals surface area contributed by atoms with E-state index in [1.165, 1.54) is 0 Å². The van der Waals surface area contributed by atoms with Crippen LogP contribution in [0.3, 0.4) is 0 Å². The molecule has 0 saturated heterocycles. The summed E-state index contributed by atoms with van der Waals surface area (Å²) in [6.45, 7) is 2.12. The van der Waals surface area contributed by atoms with Crippen LogP contribution in [0.1, 0.15) is 58.3 Å². The molecule has 0 aromatic heterocycles. The van der Waals surface area contributed by atoms with Crippen molar-refractivity contribution in [2.45, 2.75) is 82.8 Å². The second-order valence-electron chi connectivity index (χ2n) is 7.15. The molecular weight excluding hydrogens is 339 g/mol. The summed E-state index contributed by atoms with van der Waals surface area (Å²) >= 11 is 0. The Kier molecular flexibility index (Phi) is 10.7. The molecule has 1 aliphatic carbocycles. The fourth-order valence-electron chi connectivity index (χ4n) is 3.46. The minimum Gasteiger partial charge on any atom is -0.479 e. The summed E-state index contributed by atoms with van der Waals surface area (Å²) in [7, 11) is 0. The lowest BCUT2D eigenvalue weighted by molar-refractivity contribution is -0.143. The first-order valence-electron chi connectivity index (χ1n) is 9.59. The Morgan fingerprint density at radius 3 is 2.54 bits per heavy atom. The average molecular weight is 372 g/mol. The first-order chi connectivity index (χ1) is 12.4. The smallest absolute Gasteiger partial charge is 0.338 e. The number of hydrogen-bond donors (Lipinski definition) is 4. The van der Waals surface area contributed by atoms with Gasteiger partial charge in [-0.2, -0.15) is 0 Å². The Balaban J connectivity index is 2.46. The van der Waals surface area contributed by atoms with Crippen molar-refractivity contribution in [2.75, 3.05) is 0 Å². The molecule has 6 atom stereocenters. The summed E-state index contributed by atoms with van der Waals surface area (Å²) in [5.74, 6) is -1.83. The van der Waals surface area contributed by atoms with Gasteiger partial charge in [0.2, 0.25) is 0 Å². The number of halogens is 1. The molecule has 1 saturated carbocycles. The van der Waals surface area contributed by atoms with Gasteiger partial charge in [-0.05, 0) is 44.4 Å². The molecule has 4 N–H and O–H groups in total. The summed E-state index contributed by atoms with van der Waals surface area (Å²) in [6.07, 6.45) is 8.06. The number of aliphatic hydroxyl groups excluding tert-OH is 3. The van der Waals surface area contributed by atoms with E-state index in [0.29, 0.717) is 19.3 Å². The highest BCUT2D eigenvalue weighted by atomic mass is 19.1. The number of aliphatic carboxylic acids is 1. The zero-order valence-corrected chi connectivity index (χ0v) is 15.5. The van der Waals surface area contributed by atoms with E-state index in [1.54, 1.807) is 0 Å². The third kappa shape index (κ3) is 7.98. The summed E-state index contributed by atoms with van der Waals surface area (Å²) in [4.78, 5) is 10.5. The number of aliphatic hydroxyl groups is 3. The van der Waals surface area contributed by atoms with Crippen LogP contribution in [-0.4, -0.2) is 50.9 Å². The van der Waals surface area contributed by atoms with E-state index in [0.717, 1.165) is 19.3 Å². The predicted molar refractivity (Wildman–Crippen MR) is 98.4 cm³/mol. The van der Waals surface area contributed by atoms with Crippen LogP contribution >= 0.6 is 0 Å². The number of unbranched alkanes of at least 4 members (excludes halogenated alkanes) is 1. The van der Waals surface area contributed by atoms with E-state index in [-0.39, 0.29) is 24.7 Å². The van der Waals surface area contributed by atoms with Crippen molar-refractivity contribution < 1.29 is 29.6 Å². The average Bonchev–Trinajstić information content (AvgIpc) is 2.86. The van der Waals surface area contributed by atoms with Crippen molar-refractivity contribution in [3.63, 3.8) is 0 Å². The first-order valence-corrected chi connectivity index (χ1v) is 9.59. The lowest BCUT2D eigenvalue weighted by Gasteiger charge is -2.22. The second-order valence-corrected chi connectivity index (χ2v) is 7.15. The van der Waals surface area contributed by atoms with E-state index >= 15 is 0 Å². The quantitative estimate of drug-likeness (QED) is 0.395. The number of carboxylic acids is 1. The molecule has 1 rings (SSSR count). The number of allylic oxidation sites excluding steroid dienone is 3. The number of alkyl halides is 1. The van der Waals surface area contributed by atoms with E-state index in [9.17, 15) is 24.5 Å². The fraction of sp³-hybridized carbons (Fsp3) is 0.750. The molecule has 0 amide bonds. The molecule has 150 valence electrons. The van der Waals surface area contributed by atoms with Crippen LogP contribution in [0.2, 0.25) is 0 Å². The van der Waals surface area contributed by atoms with E-state index in [4.69, 9.17) is 5.11 Å². The number of carbonyl (C=O) groups is 1. The van der Waals surface area contributed by atoms with Gasteiger partial charge in [0.05, 0.1) is 18.3 Å². The molecule has 0 radical (unpaired) electrons. The summed E-state index contributed by atoms with van der Waals surface area (Å²) in [6, 6.07) is 0. The van der Waals surface area contributed by atoms with E-state index in [1.807, 2.05) is 12.2 Å². The summed E-state index contributed by atoms with van der Waals surface area (Å²) < 4.78 is 13.1. The Morgan fingerprint density at radius 2 is 1.88 bits per heavy atom. The molecular formula is C20H33FO5. The van der Waals surface area contributed by atoms with Crippen LogP contribution in [0.25, 0.3) is 0 Å². The van der Waals surface area contributed by atoms with Crippen molar-refractivity contribution in [1.82, 2.24) is 0 Å². The van der Waals surface area contributed by atoms with E-state index in [2.05, 4.69) is 19.1 Å². The van der Waals surface area contributed by atoms with Crippen LogP contribution in [0.5, 0.6) is 0 Å². The molecule has 2 unspecified atom stereocenters. The molecule has 0 aliphatic heterocycles. The van der Waals surface area contributed by atoms with E-state index < -0.39 is 30.5 Å². The summed E-state index contributed by atoms with van der Waals surface area (Å²) in [5, 5.41) is 38.8. The Bertz CT molecular complexity index is 465. The third-order valence-electron chi connectivity index (χ3n) is 5.02. The van der Waals surface area contributed by atoms with Crippen LogP contribution in [0.4, 0.5) is 4.39 Å². The zero-order chi connectivity index (χ0) is 19.5. The highest BCUT2D eigenvalue weighted by Gasteiger charge is 2.39. The number of rotatable bonds is 12. The molecule has 1 fully saturated rings. The molecule has 5 nitrogen and oxygen atoms in total. The van der Waals surface area contributed by atoms with Gasteiger partial charge in [0.15, 0.2) is 6.17 Å².